The van der Waals surface area contributed by atoms with Gasteiger partial charge in [0.05, 0.1) is 22.9 Å². The molecule has 2 aromatic carbocycles. The average molecular weight is 577 g/mol. The van der Waals surface area contributed by atoms with E-state index >= 15 is 0 Å². The Bertz CT molecular complexity index is 1280. The Morgan fingerprint density at radius 1 is 1.00 bits per heavy atom. The van der Waals surface area contributed by atoms with Crippen molar-refractivity contribution in [2.75, 3.05) is 49.5 Å². The number of amides is 2. The molecule has 1 atom stereocenters. The van der Waals surface area contributed by atoms with Crippen LogP contribution in [-0.4, -0.2) is 67.2 Å². The summed E-state index contributed by atoms with van der Waals surface area (Å²) in [5, 5.41) is 16.7. The largest absolute Gasteiger partial charge is 0.395 e. The summed E-state index contributed by atoms with van der Waals surface area (Å²) >= 11 is 1.30. The van der Waals surface area contributed by atoms with Gasteiger partial charge in [-0.25, -0.2) is 4.39 Å². The molecule has 1 aliphatic heterocycles. The monoisotopic (exact) mass is 576 g/mol. The zero-order valence-electron chi connectivity index (χ0n) is 23.0. The highest BCUT2D eigenvalue weighted by Crippen LogP contribution is 2.28. The number of carbonyl (C=O) groups is 2. The minimum atomic E-state index is -0.843. The number of rotatable bonds is 11. The van der Waals surface area contributed by atoms with Crippen molar-refractivity contribution in [1.29, 1.82) is 0 Å². The van der Waals surface area contributed by atoms with E-state index in [4.69, 9.17) is 0 Å². The van der Waals surface area contributed by atoms with Crippen molar-refractivity contribution in [2.24, 2.45) is 0 Å². The van der Waals surface area contributed by atoms with Crippen LogP contribution in [0, 0.1) is 5.82 Å². The molecule has 1 saturated heterocycles. The van der Waals surface area contributed by atoms with Crippen molar-refractivity contribution in [3.63, 3.8) is 0 Å². The number of nitrogens with one attached hydrogen (secondary N) is 2. The first-order chi connectivity index (χ1) is 19.9. The fourth-order valence-corrected chi connectivity index (χ4v) is 4.94. The maximum absolute atomic E-state index is 14.2. The summed E-state index contributed by atoms with van der Waals surface area (Å²) in [6, 6.07) is 16.5. The van der Waals surface area contributed by atoms with E-state index in [-0.39, 0.29) is 12.5 Å². The summed E-state index contributed by atoms with van der Waals surface area (Å²) < 4.78 is 14.2. The van der Waals surface area contributed by atoms with Gasteiger partial charge in [0.2, 0.25) is 5.91 Å². The van der Waals surface area contributed by atoms with Gasteiger partial charge in [-0.15, -0.1) is 11.3 Å². The third-order valence-electron chi connectivity index (χ3n) is 6.38. The van der Waals surface area contributed by atoms with E-state index in [1.165, 1.54) is 23.5 Å². The van der Waals surface area contributed by atoms with Crippen molar-refractivity contribution < 1.29 is 19.1 Å². The zero-order valence-corrected chi connectivity index (χ0v) is 23.9. The molecule has 1 aromatic heterocycles. The van der Waals surface area contributed by atoms with Gasteiger partial charge in [0, 0.05) is 39.1 Å². The van der Waals surface area contributed by atoms with Gasteiger partial charge in [-0.1, -0.05) is 73.9 Å². The third-order valence-corrected chi connectivity index (χ3v) is 7.25. The molecule has 9 heteroatoms. The molecule has 4 rings (SSSR count). The van der Waals surface area contributed by atoms with Crippen LogP contribution in [0.1, 0.15) is 15.2 Å². The van der Waals surface area contributed by atoms with Crippen LogP contribution in [0.4, 0.5) is 15.8 Å². The molecule has 2 amide bonds. The lowest BCUT2D eigenvalue weighted by atomic mass is 10.0. The topological polar surface area (TPSA) is 84.9 Å². The van der Waals surface area contributed by atoms with Crippen molar-refractivity contribution >= 4 is 34.5 Å². The van der Waals surface area contributed by atoms with Gasteiger partial charge in [0.1, 0.15) is 11.9 Å². The minimum absolute atomic E-state index is 0.109. The number of hydrogen-bond acceptors (Lipinski definition) is 6. The number of aliphatic hydroxyl groups excluding tert-OH is 1. The minimum Gasteiger partial charge on any atom is -0.395 e. The molecule has 3 aromatic rings. The molecule has 0 aliphatic carbocycles. The van der Waals surface area contributed by atoms with Gasteiger partial charge in [0.15, 0.2) is 0 Å². The van der Waals surface area contributed by atoms with Crippen molar-refractivity contribution in [3.05, 3.63) is 120 Å². The molecule has 0 saturated carbocycles. The smallest absolute Gasteiger partial charge is 0.262 e. The number of allylic oxidation sites excluding steroid dienone is 4. The summed E-state index contributed by atoms with van der Waals surface area (Å²) in [6.45, 7) is 10.6. The van der Waals surface area contributed by atoms with Crippen LogP contribution in [0.5, 0.6) is 0 Å². The SMILES string of the molecule is C=C/C=C\C=C.O=C(NC(Cc1ccccc1)C(=O)Nc1cc(F)ccc1N1CCN(CCO)CC1)c1cccs1. The first kappa shape index (κ1) is 31.5. The van der Waals surface area contributed by atoms with Gasteiger partial charge in [-0.2, -0.15) is 0 Å². The van der Waals surface area contributed by atoms with Crippen LogP contribution in [-0.2, 0) is 11.2 Å². The number of halogens is 1. The number of thiophene rings is 1. The second-order valence-electron chi connectivity index (χ2n) is 9.25. The number of carbonyl (C=O) groups excluding carboxylic acids is 2. The summed E-state index contributed by atoms with van der Waals surface area (Å²) in [5.74, 6) is -1.19. The first-order valence-corrected chi connectivity index (χ1v) is 14.3. The van der Waals surface area contributed by atoms with E-state index in [1.807, 2.05) is 42.5 Å². The quantitative estimate of drug-likeness (QED) is 0.283. The van der Waals surface area contributed by atoms with E-state index in [1.54, 1.807) is 35.7 Å². The Balaban J connectivity index is 0.000000696. The lowest BCUT2D eigenvalue weighted by Gasteiger charge is -2.36. The fraction of sp³-hybridized carbons (Fsp3) is 0.250. The molecule has 1 aliphatic rings. The van der Waals surface area contributed by atoms with Crippen molar-refractivity contribution in [3.8, 4) is 0 Å². The van der Waals surface area contributed by atoms with E-state index < -0.39 is 17.8 Å². The zero-order chi connectivity index (χ0) is 29.5. The van der Waals surface area contributed by atoms with E-state index in [0.717, 1.165) is 24.3 Å². The number of hydrogen-bond donors (Lipinski definition) is 3. The third kappa shape index (κ3) is 10.1. The molecule has 0 spiro atoms. The Morgan fingerprint density at radius 3 is 2.32 bits per heavy atom. The summed E-state index contributed by atoms with van der Waals surface area (Å²) in [7, 11) is 0. The van der Waals surface area contributed by atoms with Gasteiger partial charge in [0.25, 0.3) is 5.91 Å². The standard InChI is InChI=1S/C26H29FN4O3S.C6H8/c27-20-8-9-23(31-12-10-30(11-13-31)14-15-32)21(18-20)28-25(33)22(17-19-5-2-1-3-6-19)29-26(34)24-7-4-16-35-24;1-3-5-6-4-2/h1-9,16,18,22,32H,10-15,17H2,(H,28,33)(H,29,34);3-6H,1-2H2/b;6-5-. The Morgan fingerprint density at radius 2 is 1.71 bits per heavy atom. The maximum atomic E-state index is 14.2. The van der Waals surface area contributed by atoms with E-state index in [2.05, 4.69) is 33.6 Å². The van der Waals surface area contributed by atoms with Gasteiger partial charge >= 0.3 is 0 Å². The lowest BCUT2D eigenvalue weighted by molar-refractivity contribution is -0.118. The van der Waals surface area contributed by atoms with E-state index in [9.17, 15) is 19.1 Å². The second-order valence-corrected chi connectivity index (χ2v) is 10.2. The summed E-state index contributed by atoms with van der Waals surface area (Å²) in [4.78, 5) is 30.9. The molecule has 41 heavy (non-hydrogen) atoms. The Labute approximate surface area is 245 Å². The number of benzene rings is 2. The molecule has 2 heterocycles. The summed E-state index contributed by atoms with van der Waals surface area (Å²) in [5.41, 5.74) is 2.00. The molecule has 0 bridgehead atoms. The van der Waals surface area contributed by atoms with Crippen LogP contribution in [0.3, 0.4) is 0 Å². The van der Waals surface area contributed by atoms with Crippen LogP contribution in [0.2, 0.25) is 0 Å². The molecule has 1 unspecified atom stereocenters. The summed E-state index contributed by atoms with van der Waals surface area (Å²) in [6.07, 6.45) is 7.37. The number of nitrogens with zero attached hydrogens (tertiary/aromatic N) is 2. The molecule has 216 valence electrons. The molecule has 0 radical (unpaired) electrons. The van der Waals surface area contributed by atoms with Gasteiger partial charge < -0.3 is 20.6 Å². The number of β-amino-alcohol motifs (C(OH)–C–C–N with tert-alkyl or cyclic N) is 1. The highest BCUT2D eigenvalue weighted by Gasteiger charge is 2.25. The highest BCUT2D eigenvalue weighted by molar-refractivity contribution is 7.12. The van der Waals surface area contributed by atoms with Crippen LogP contribution in [0.25, 0.3) is 0 Å². The lowest BCUT2D eigenvalue weighted by Crippen LogP contribution is -2.48. The predicted octanol–water partition coefficient (Wildman–Crippen LogP) is 4.90. The predicted molar refractivity (Wildman–Crippen MR) is 166 cm³/mol. The molecule has 1 fully saturated rings. The van der Waals surface area contributed by atoms with Crippen LogP contribution >= 0.6 is 11.3 Å². The van der Waals surface area contributed by atoms with Gasteiger partial charge in [-0.05, 0) is 35.2 Å². The average Bonchev–Trinajstić information content (AvgIpc) is 3.53. The van der Waals surface area contributed by atoms with Crippen LogP contribution < -0.4 is 15.5 Å². The molecular weight excluding hydrogens is 539 g/mol. The molecule has 7 nitrogen and oxygen atoms in total. The van der Waals surface area contributed by atoms with Gasteiger partial charge in [-0.3, -0.25) is 14.5 Å². The van der Waals surface area contributed by atoms with Crippen molar-refractivity contribution in [1.82, 2.24) is 10.2 Å². The first-order valence-electron chi connectivity index (χ1n) is 13.4. The maximum Gasteiger partial charge on any atom is 0.262 e. The second kappa shape index (κ2) is 16.9. The number of piperazine rings is 1. The Hall–Kier alpha value is -4.05. The normalized spacial score (nSPS) is 14.0. The highest BCUT2D eigenvalue weighted by atomic mass is 32.1. The number of anilines is 2. The van der Waals surface area contributed by atoms with Crippen molar-refractivity contribution in [2.45, 2.75) is 12.5 Å². The molecule has 3 N–H and O–H groups in total. The number of aliphatic hydroxyl groups is 1. The fourth-order valence-electron chi connectivity index (χ4n) is 4.31. The van der Waals surface area contributed by atoms with Crippen LogP contribution in [0.15, 0.2) is 104 Å². The molecular formula is C32H37FN4O3S. The van der Waals surface area contributed by atoms with E-state index in [0.29, 0.717) is 36.6 Å². The Kier molecular flexibility index (Phi) is 13.0.